The summed E-state index contributed by atoms with van der Waals surface area (Å²) in [7, 11) is 0. The van der Waals surface area contributed by atoms with Gasteiger partial charge in [0.05, 0.1) is 17.2 Å². The molecule has 88 valence electrons. The molecule has 0 aliphatic carbocycles. The second-order valence-electron chi connectivity index (χ2n) is 2.70. The van der Waals surface area contributed by atoms with Crippen LogP contribution < -0.4 is 0 Å². The highest BCUT2D eigenvalue weighted by molar-refractivity contribution is 9.10. The van der Waals surface area contributed by atoms with Gasteiger partial charge in [0, 0.05) is 10.7 Å². The zero-order chi connectivity index (χ0) is 12.3. The molecule has 1 heterocycles. The minimum absolute atomic E-state index is 0.0561. The van der Waals surface area contributed by atoms with Gasteiger partial charge in [-0.25, -0.2) is 18.6 Å². The summed E-state index contributed by atoms with van der Waals surface area (Å²) in [5, 5.41) is -0.386. The SMILES string of the molecule is CCOC(=O)c1ncc(Br)c(C(F)F)c1Cl. The van der Waals surface area contributed by atoms with E-state index >= 15 is 0 Å². The molecule has 0 fully saturated rings. The summed E-state index contributed by atoms with van der Waals surface area (Å²) in [4.78, 5) is 15.0. The molecule has 1 aromatic rings. The summed E-state index contributed by atoms with van der Waals surface area (Å²) >= 11 is 8.56. The van der Waals surface area contributed by atoms with Crippen molar-refractivity contribution in [1.82, 2.24) is 4.98 Å². The molecule has 3 nitrogen and oxygen atoms in total. The van der Waals surface area contributed by atoms with Gasteiger partial charge >= 0.3 is 5.97 Å². The summed E-state index contributed by atoms with van der Waals surface area (Å²) in [6.45, 7) is 1.72. The van der Waals surface area contributed by atoms with E-state index in [4.69, 9.17) is 11.6 Å². The number of alkyl halides is 2. The normalized spacial score (nSPS) is 10.6. The van der Waals surface area contributed by atoms with Crippen LogP contribution in [0.1, 0.15) is 29.4 Å². The van der Waals surface area contributed by atoms with Crippen molar-refractivity contribution in [2.45, 2.75) is 13.3 Å². The predicted molar refractivity (Wildman–Crippen MR) is 57.9 cm³/mol. The Hall–Kier alpha value is -0.750. The Kier molecular flexibility index (Phi) is 4.61. The molecule has 0 N–H and O–H groups in total. The van der Waals surface area contributed by atoms with Crippen LogP contribution in [0.5, 0.6) is 0 Å². The van der Waals surface area contributed by atoms with E-state index in [1.54, 1.807) is 6.92 Å². The van der Waals surface area contributed by atoms with Crippen molar-refractivity contribution in [2.75, 3.05) is 6.61 Å². The van der Waals surface area contributed by atoms with E-state index in [-0.39, 0.29) is 21.8 Å². The third kappa shape index (κ3) is 2.68. The van der Waals surface area contributed by atoms with Crippen LogP contribution in [0.15, 0.2) is 10.7 Å². The Labute approximate surface area is 104 Å². The minimum atomic E-state index is -2.79. The maximum absolute atomic E-state index is 12.6. The van der Waals surface area contributed by atoms with E-state index in [1.165, 1.54) is 0 Å². The second kappa shape index (κ2) is 5.54. The molecule has 0 saturated heterocycles. The largest absolute Gasteiger partial charge is 0.461 e. The van der Waals surface area contributed by atoms with Gasteiger partial charge in [-0.2, -0.15) is 0 Å². The molecule has 1 rings (SSSR count). The first kappa shape index (κ1) is 13.3. The molecule has 0 spiro atoms. The van der Waals surface area contributed by atoms with Crippen molar-refractivity contribution in [3.05, 3.63) is 26.9 Å². The Bertz CT molecular complexity index is 415. The molecule has 0 unspecified atom stereocenters. The van der Waals surface area contributed by atoms with E-state index < -0.39 is 18.0 Å². The highest BCUT2D eigenvalue weighted by Gasteiger charge is 2.23. The van der Waals surface area contributed by atoms with Crippen LogP contribution >= 0.6 is 27.5 Å². The van der Waals surface area contributed by atoms with Crippen LogP contribution in [-0.4, -0.2) is 17.6 Å². The number of carbonyl (C=O) groups is 1. The van der Waals surface area contributed by atoms with Crippen LogP contribution in [-0.2, 0) is 4.74 Å². The maximum Gasteiger partial charge on any atom is 0.358 e. The lowest BCUT2D eigenvalue weighted by molar-refractivity contribution is 0.0519. The van der Waals surface area contributed by atoms with Gasteiger partial charge in [0.15, 0.2) is 5.69 Å². The topological polar surface area (TPSA) is 39.2 Å². The van der Waals surface area contributed by atoms with Crippen LogP contribution in [0.4, 0.5) is 8.78 Å². The monoisotopic (exact) mass is 313 g/mol. The number of ether oxygens (including phenoxy) is 1. The highest BCUT2D eigenvalue weighted by Crippen LogP contribution is 2.34. The summed E-state index contributed by atoms with van der Waals surface area (Å²) in [5.74, 6) is -0.818. The first-order valence-electron chi connectivity index (χ1n) is 4.28. The number of halogens is 4. The van der Waals surface area contributed by atoms with Gasteiger partial charge in [-0.05, 0) is 22.9 Å². The number of pyridine rings is 1. The molecule has 0 aromatic carbocycles. The molecule has 0 radical (unpaired) electrons. The summed E-state index contributed by atoms with van der Waals surface area (Å²) < 4.78 is 29.9. The smallest absolute Gasteiger partial charge is 0.358 e. The average Bonchev–Trinajstić information content (AvgIpc) is 2.17. The van der Waals surface area contributed by atoms with Crippen LogP contribution in [0.3, 0.4) is 0 Å². The maximum atomic E-state index is 12.6. The third-order valence-electron chi connectivity index (χ3n) is 1.70. The fourth-order valence-electron chi connectivity index (χ4n) is 1.02. The predicted octanol–water partition coefficient (Wildman–Crippen LogP) is 3.61. The highest BCUT2D eigenvalue weighted by atomic mass is 79.9. The van der Waals surface area contributed by atoms with E-state index in [0.717, 1.165) is 6.20 Å². The van der Waals surface area contributed by atoms with Crippen molar-refractivity contribution in [3.63, 3.8) is 0 Å². The Balaban J connectivity index is 3.23. The minimum Gasteiger partial charge on any atom is -0.461 e. The third-order valence-corrected chi connectivity index (χ3v) is 2.71. The van der Waals surface area contributed by atoms with Crippen molar-refractivity contribution in [2.24, 2.45) is 0 Å². The molecule has 0 aliphatic heterocycles. The van der Waals surface area contributed by atoms with Crippen molar-refractivity contribution in [1.29, 1.82) is 0 Å². The number of aromatic nitrogens is 1. The molecule has 16 heavy (non-hydrogen) atoms. The fraction of sp³-hybridized carbons (Fsp3) is 0.333. The first-order chi connectivity index (χ1) is 7.49. The molecular formula is C9H7BrClF2NO2. The Morgan fingerprint density at radius 1 is 1.69 bits per heavy atom. The molecule has 0 saturated carbocycles. The Morgan fingerprint density at radius 3 is 2.81 bits per heavy atom. The standard InChI is InChI=1S/C9H7BrClF2NO2/c1-2-16-9(15)7-6(11)5(8(12)13)4(10)3-14-7/h3,8H,2H2,1H3. The van der Waals surface area contributed by atoms with Gasteiger partial charge in [0.25, 0.3) is 6.43 Å². The van der Waals surface area contributed by atoms with Gasteiger partial charge in [-0.1, -0.05) is 11.6 Å². The van der Waals surface area contributed by atoms with E-state index in [9.17, 15) is 13.6 Å². The van der Waals surface area contributed by atoms with E-state index in [2.05, 4.69) is 25.7 Å². The second-order valence-corrected chi connectivity index (χ2v) is 3.94. The molecule has 0 atom stereocenters. The zero-order valence-corrected chi connectivity index (χ0v) is 10.5. The van der Waals surface area contributed by atoms with Gasteiger partial charge in [-0.15, -0.1) is 0 Å². The average molecular weight is 315 g/mol. The number of carbonyl (C=O) groups excluding carboxylic acids is 1. The molecule has 1 aromatic heterocycles. The molecular weight excluding hydrogens is 307 g/mol. The molecule has 0 aliphatic rings. The number of rotatable bonds is 3. The lowest BCUT2D eigenvalue weighted by atomic mass is 10.2. The van der Waals surface area contributed by atoms with E-state index in [1.807, 2.05) is 0 Å². The van der Waals surface area contributed by atoms with Gasteiger partial charge < -0.3 is 4.74 Å². The Morgan fingerprint density at radius 2 is 2.31 bits per heavy atom. The molecule has 0 bridgehead atoms. The van der Waals surface area contributed by atoms with Crippen molar-refractivity contribution >= 4 is 33.5 Å². The molecule has 0 amide bonds. The zero-order valence-electron chi connectivity index (χ0n) is 8.14. The van der Waals surface area contributed by atoms with Crippen LogP contribution in [0, 0.1) is 0 Å². The first-order valence-corrected chi connectivity index (χ1v) is 5.45. The van der Waals surface area contributed by atoms with E-state index in [0.29, 0.717) is 0 Å². The summed E-state index contributed by atoms with van der Waals surface area (Å²) in [6, 6.07) is 0. The van der Waals surface area contributed by atoms with Gasteiger partial charge in [0.2, 0.25) is 0 Å². The lowest BCUT2D eigenvalue weighted by Gasteiger charge is -2.09. The summed E-state index contributed by atoms with van der Waals surface area (Å²) in [5.41, 5.74) is -0.762. The number of nitrogens with zero attached hydrogens (tertiary/aromatic N) is 1. The number of esters is 1. The van der Waals surface area contributed by atoms with Crippen molar-refractivity contribution in [3.8, 4) is 0 Å². The molecule has 7 heteroatoms. The van der Waals surface area contributed by atoms with Gasteiger partial charge in [0.1, 0.15) is 0 Å². The van der Waals surface area contributed by atoms with Crippen LogP contribution in [0.25, 0.3) is 0 Å². The van der Waals surface area contributed by atoms with Gasteiger partial charge in [-0.3, -0.25) is 0 Å². The summed E-state index contributed by atoms with van der Waals surface area (Å²) in [6.07, 6.45) is -1.70. The fourth-order valence-corrected chi connectivity index (χ4v) is 1.92. The number of hydrogen-bond acceptors (Lipinski definition) is 3. The lowest BCUT2D eigenvalue weighted by Crippen LogP contribution is -2.09. The van der Waals surface area contributed by atoms with Crippen LogP contribution in [0.2, 0.25) is 5.02 Å². The van der Waals surface area contributed by atoms with Crippen molar-refractivity contribution < 1.29 is 18.3 Å². The number of hydrogen-bond donors (Lipinski definition) is 0. The quantitative estimate of drug-likeness (QED) is 0.800.